The van der Waals surface area contributed by atoms with Crippen molar-refractivity contribution in [1.82, 2.24) is 0 Å². The molecule has 6 atom stereocenters. The summed E-state index contributed by atoms with van der Waals surface area (Å²) < 4.78 is 32.0. The molecule has 0 N–H and O–H groups in total. The van der Waals surface area contributed by atoms with Gasteiger partial charge in [-0.25, -0.2) is 0 Å². The first kappa shape index (κ1) is 26.7. The van der Waals surface area contributed by atoms with Crippen LogP contribution in [0.2, 0.25) is 64.5 Å². The third-order valence-corrected chi connectivity index (χ3v) is 23.3. The molecule has 2 heterocycles. The van der Waals surface area contributed by atoms with Gasteiger partial charge in [0, 0.05) is 0 Å². The van der Waals surface area contributed by atoms with Crippen LogP contribution in [0, 0.1) is 11.8 Å². The molecule has 192 valence electrons. The molecule has 5 nitrogen and oxygen atoms in total. The lowest BCUT2D eigenvalue weighted by molar-refractivity contribution is 0.319. The molecule has 0 aromatic heterocycles. The number of rotatable bonds is 12. The summed E-state index contributed by atoms with van der Waals surface area (Å²) in [5, 5.41) is 0. The molecular weight excluding hydrogens is 481 g/mol. The zero-order valence-electron chi connectivity index (χ0n) is 22.6. The van der Waals surface area contributed by atoms with E-state index in [0.717, 1.165) is 11.8 Å². The molecule has 0 aromatic carbocycles. The molecule has 4 fully saturated rings. The lowest BCUT2D eigenvalue weighted by Gasteiger charge is -2.41. The Labute approximate surface area is 207 Å². The van der Waals surface area contributed by atoms with Crippen LogP contribution < -0.4 is 0 Å². The Morgan fingerprint density at radius 1 is 0.545 bits per heavy atom. The van der Waals surface area contributed by atoms with Crippen molar-refractivity contribution in [3.05, 3.63) is 0 Å². The van der Waals surface area contributed by atoms with E-state index in [1.165, 1.54) is 63.5 Å². The van der Waals surface area contributed by atoms with Crippen molar-refractivity contribution in [2.75, 3.05) is 0 Å². The lowest BCUT2D eigenvalue weighted by Crippen LogP contribution is -2.56. The van der Waals surface area contributed by atoms with E-state index in [-0.39, 0.29) is 0 Å². The number of epoxide rings is 2. The normalized spacial score (nSPS) is 34.5. The Bertz CT molecular complexity index is 630. The minimum atomic E-state index is -2.25. The zero-order valence-corrected chi connectivity index (χ0v) is 26.6. The molecule has 0 radical (unpaired) electrons. The summed E-state index contributed by atoms with van der Waals surface area (Å²) in [5.74, 6) is 1.66. The summed E-state index contributed by atoms with van der Waals surface area (Å²) in [6.07, 6.45) is 12.7. The van der Waals surface area contributed by atoms with Gasteiger partial charge in [-0.1, -0.05) is 12.8 Å². The van der Waals surface area contributed by atoms with Crippen LogP contribution in [0.25, 0.3) is 0 Å². The van der Waals surface area contributed by atoms with Crippen LogP contribution in [0.4, 0.5) is 0 Å². The van der Waals surface area contributed by atoms with E-state index in [1.807, 2.05) is 0 Å². The highest BCUT2D eigenvalue weighted by atomic mass is 28.5. The van der Waals surface area contributed by atoms with Crippen LogP contribution in [0.5, 0.6) is 0 Å². The smallest absolute Gasteiger partial charge is 0.312 e. The van der Waals surface area contributed by atoms with E-state index in [4.69, 9.17) is 21.8 Å². The minimum absolute atomic E-state index is 0.581. The molecule has 4 aliphatic rings. The SMILES string of the molecule is C[Si](C)(CCC1CCC2OC2C1)O[Si](C)(C)O[Si](C)(C)O[Si](C)(C)CCC1CCC2OC2C1. The quantitative estimate of drug-likeness (QED) is 0.206. The van der Waals surface area contributed by atoms with Crippen molar-refractivity contribution in [1.29, 1.82) is 0 Å². The topological polar surface area (TPSA) is 52.8 Å². The van der Waals surface area contributed by atoms with Gasteiger partial charge in [0.15, 0.2) is 16.6 Å². The predicted molar refractivity (Wildman–Crippen MR) is 144 cm³/mol. The fraction of sp³-hybridized carbons (Fsp3) is 1.00. The maximum atomic E-state index is 6.86. The summed E-state index contributed by atoms with van der Waals surface area (Å²) in [7, 11) is -8.03. The monoisotopic (exact) mass is 530 g/mol. The van der Waals surface area contributed by atoms with Gasteiger partial charge in [-0.2, -0.15) is 0 Å². The van der Waals surface area contributed by atoms with Crippen LogP contribution in [0.15, 0.2) is 0 Å². The van der Waals surface area contributed by atoms with Crippen molar-refractivity contribution >= 4 is 33.8 Å². The third-order valence-electron chi connectivity index (χ3n) is 8.07. The summed E-state index contributed by atoms with van der Waals surface area (Å²) in [6, 6.07) is 2.45. The van der Waals surface area contributed by atoms with Gasteiger partial charge < -0.3 is 21.8 Å². The van der Waals surface area contributed by atoms with Gasteiger partial charge in [-0.15, -0.1) is 0 Å². The molecule has 0 amide bonds. The molecule has 9 heteroatoms. The first-order valence-corrected chi connectivity index (χ1v) is 25.5. The van der Waals surface area contributed by atoms with Crippen LogP contribution >= 0.6 is 0 Å². The second kappa shape index (κ2) is 9.85. The average molecular weight is 531 g/mol. The lowest BCUT2D eigenvalue weighted by atomic mass is 9.88. The predicted octanol–water partition coefficient (Wildman–Crippen LogP) is 6.77. The van der Waals surface area contributed by atoms with Crippen molar-refractivity contribution in [2.24, 2.45) is 11.8 Å². The molecule has 2 aliphatic carbocycles. The minimum Gasteiger partial charge on any atom is -0.436 e. The van der Waals surface area contributed by atoms with Gasteiger partial charge in [0.2, 0.25) is 0 Å². The van der Waals surface area contributed by atoms with E-state index in [1.54, 1.807) is 0 Å². The van der Waals surface area contributed by atoms with Crippen molar-refractivity contribution in [3.63, 3.8) is 0 Å². The summed E-state index contributed by atoms with van der Waals surface area (Å²) in [6.45, 7) is 18.5. The third kappa shape index (κ3) is 8.35. The van der Waals surface area contributed by atoms with E-state index in [2.05, 4.69) is 52.4 Å². The average Bonchev–Trinajstić information content (AvgIpc) is 3.55. The Balaban J connectivity index is 1.20. The van der Waals surface area contributed by atoms with E-state index in [0.29, 0.717) is 24.4 Å². The molecule has 2 saturated heterocycles. The molecule has 6 unspecified atom stereocenters. The van der Waals surface area contributed by atoms with Crippen molar-refractivity contribution < 1.29 is 21.8 Å². The molecule has 33 heavy (non-hydrogen) atoms. The molecular formula is C24H50O5Si4. The highest BCUT2D eigenvalue weighted by Crippen LogP contribution is 2.43. The van der Waals surface area contributed by atoms with Gasteiger partial charge in [-0.3, -0.25) is 0 Å². The summed E-state index contributed by atoms with van der Waals surface area (Å²) in [4.78, 5) is 0. The fourth-order valence-electron chi connectivity index (χ4n) is 6.67. The van der Waals surface area contributed by atoms with Gasteiger partial charge in [0.05, 0.1) is 24.4 Å². The van der Waals surface area contributed by atoms with Crippen LogP contribution in [-0.4, -0.2) is 58.2 Å². The first-order valence-electron chi connectivity index (χ1n) is 13.6. The van der Waals surface area contributed by atoms with Gasteiger partial charge in [0.25, 0.3) is 0 Å². The summed E-state index contributed by atoms with van der Waals surface area (Å²) in [5.41, 5.74) is 0. The van der Waals surface area contributed by atoms with Gasteiger partial charge >= 0.3 is 17.1 Å². The molecule has 0 aromatic rings. The van der Waals surface area contributed by atoms with Crippen LogP contribution in [-0.2, 0) is 21.8 Å². The van der Waals surface area contributed by atoms with E-state index < -0.39 is 33.8 Å². The number of fused-ring (bicyclic) bond motifs is 2. The number of hydrogen-bond donors (Lipinski definition) is 0. The number of hydrogen-bond acceptors (Lipinski definition) is 5. The summed E-state index contributed by atoms with van der Waals surface area (Å²) >= 11 is 0. The van der Waals surface area contributed by atoms with E-state index in [9.17, 15) is 0 Å². The largest absolute Gasteiger partial charge is 0.436 e. The highest BCUT2D eigenvalue weighted by Gasteiger charge is 2.47. The van der Waals surface area contributed by atoms with Crippen molar-refractivity contribution in [3.8, 4) is 0 Å². The molecule has 0 bridgehead atoms. The highest BCUT2D eigenvalue weighted by molar-refractivity contribution is 6.89. The Morgan fingerprint density at radius 3 is 1.30 bits per heavy atom. The molecule has 4 rings (SSSR count). The van der Waals surface area contributed by atoms with E-state index >= 15 is 0 Å². The van der Waals surface area contributed by atoms with Crippen LogP contribution in [0.3, 0.4) is 0 Å². The number of ether oxygens (including phenoxy) is 2. The Kier molecular flexibility index (Phi) is 7.98. The molecule has 0 spiro atoms. The first-order chi connectivity index (χ1) is 15.2. The molecule has 2 saturated carbocycles. The Hall–Kier alpha value is 0.668. The maximum absolute atomic E-state index is 6.86. The maximum Gasteiger partial charge on any atom is 0.312 e. The fourth-order valence-corrected chi connectivity index (χ4v) is 26.2. The Morgan fingerprint density at radius 2 is 0.939 bits per heavy atom. The standard InChI is InChI=1S/C24H50O5Si4/c1-30(2,15-13-19-9-11-21-23(17-19)25-21)27-32(5,6)29-33(7,8)28-31(3,4)16-14-20-10-12-22-24(18-20)26-22/h19-24H,9-18H2,1-8H3. The van der Waals surface area contributed by atoms with Crippen molar-refractivity contribution in [2.45, 2.75) is 140 Å². The van der Waals surface area contributed by atoms with Gasteiger partial charge in [-0.05, 0) is 115 Å². The van der Waals surface area contributed by atoms with Gasteiger partial charge in [0.1, 0.15) is 0 Å². The second-order valence-corrected chi connectivity index (χ2v) is 29.6. The van der Waals surface area contributed by atoms with Crippen LogP contribution in [0.1, 0.15) is 51.4 Å². The molecule has 2 aliphatic heterocycles. The zero-order chi connectivity index (χ0) is 24.1. The second-order valence-electron chi connectivity index (χ2n) is 13.5.